The molecule has 1 aromatic heterocycles. The van der Waals surface area contributed by atoms with Gasteiger partial charge in [-0.15, -0.1) is 11.3 Å². The van der Waals surface area contributed by atoms with E-state index in [1.807, 2.05) is 24.8 Å². The summed E-state index contributed by atoms with van der Waals surface area (Å²) in [6, 6.07) is 8.32. The molecular formula is C19H22N2O2S. The molecule has 3 heterocycles. The summed E-state index contributed by atoms with van der Waals surface area (Å²) in [5, 5.41) is 0.955. The summed E-state index contributed by atoms with van der Waals surface area (Å²) in [4.78, 5) is 19.9. The standard InChI is InChI=1S/C19H22N2O2S/c1-13-17(24-14(2)20-13)18(22)21-11-9-19(10-12-21)8-7-15-5-3-4-6-16(15)23-19/h3-6H,7-12H2,1-2H3. The molecule has 4 rings (SSSR count). The van der Waals surface area contributed by atoms with Gasteiger partial charge in [0.25, 0.3) is 5.91 Å². The molecule has 1 fully saturated rings. The second kappa shape index (κ2) is 5.88. The van der Waals surface area contributed by atoms with Gasteiger partial charge in [0, 0.05) is 25.9 Å². The van der Waals surface area contributed by atoms with E-state index in [9.17, 15) is 4.79 Å². The van der Waals surface area contributed by atoms with E-state index in [0.717, 1.165) is 60.1 Å². The number of likely N-dealkylation sites (tertiary alicyclic amines) is 1. The number of carbonyl (C=O) groups excluding carboxylic acids is 1. The van der Waals surface area contributed by atoms with Crippen molar-refractivity contribution in [1.82, 2.24) is 9.88 Å². The number of hydrogen-bond acceptors (Lipinski definition) is 4. The van der Waals surface area contributed by atoms with Crippen molar-refractivity contribution in [3.05, 3.63) is 45.4 Å². The summed E-state index contributed by atoms with van der Waals surface area (Å²) in [6.45, 7) is 5.39. The zero-order chi connectivity index (χ0) is 16.7. The Morgan fingerprint density at radius 3 is 2.67 bits per heavy atom. The van der Waals surface area contributed by atoms with Crippen LogP contribution in [0.15, 0.2) is 24.3 Å². The van der Waals surface area contributed by atoms with E-state index in [1.54, 1.807) is 0 Å². The summed E-state index contributed by atoms with van der Waals surface area (Å²) in [6.07, 6.45) is 3.93. The van der Waals surface area contributed by atoms with Crippen LogP contribution in [0.3, 0.4) is 0 Å². The largest absolute Gasteiger partial charge is 0.487 e. The Hall–Kier alpha value is -1.88. The Morgan fingerprint density at radius 1 is 1.21 bits per heavy atom. The number of ether oxygens (including phenoxy) is 1. The maximum absolute atomic E-state index is 12.8. The number of amides is 1. The van der Waals surface area contributed by atoms with Crippen LogP contribution in [0.5, 0.6) is 5.75 Å². The lowest BCUT2D eigenvalue weighted by molar-refractivity contribution is -0.0105. The van der Waals surface area contributed by atoms with Gasteiger partial charge in [0.2, 0.25) is 0 Å². The van der Waals surface area contributed by atoms with Crippen LogP contribution in [-0.4, -0.2) is 34.5 Å². The number of fused-ring (bicyclic) bond motifs is 1. The fourth-order valence-corrected chi connectivity index (χ4v) is 4.69. The van der Waals surface area contributed by atoms with Gasteiger partial charge in [-0.25, -0.2) is 4.98 Å². The van der Waals surface area contributed by atoms with Gasteiger partial charge in [-0.05, 0) is 38.3 Å². The highest BCUT2D eigenvalue weighted by molar-refractivity contribution is 7.13. The average molecular weight is 342 g/mol. The molecule has 1 aromatic carbocycles. The molecule has 0 unspecified atom stereocenters. The molecule has 126 valence electrons. The number of piperidine rings is 1. The minimum absolute atomic E-state index is 0.0935. The number of aryl methyl sites for hydroxylation is 3. The van der Waals surface area contributed by atoms with Crippen molar-refractivity contribution in [1.29, 1.82) is 0 Å². The maximum atomic E-state index is 12.8. The van der Waals surface area contributed by atoms with Crippen molar-refractivity contribution in [2.24, 2.45) is 0 Å². The van der Waals surface area contributed by atoms with Gasteiger partial charge in [0.15, 0.2) is 0 Å². The van der Waals surface area contributed by atoms with Gasteiger partial charge in [-0.1, -0.05) is 18.2 Å². The molecule has 2 aliphatic rings. The Bertz CT molecular complexity index is 775. The molecular weight excluding hydrogens is 320 g/mol. The molecule has 2 aliphatic heterocycles. The van der Waals surface area contributed by atoms with E-state index >= 15 is 0 Å². The predicted molar refractivity (Wildman–Crippen MR) is 94.8 cm³/mol. The van der Waals surface area contributed by atoms with Crippen LogP contribution < -0.4 is 4.74 Å². The monoisotopic (exact) mass is 342 g/mol. The van der Waals surface area contributed by atoms with Gasteiger partial charge in [-0.3, -0.25) is 4.79 Å². The fraction of sp³-hybridized carbons (Fsp3) is 0.474. The smallest absolute Gasteiger partial charge is 0.265 e. The fourth-order valence-electron chi connectivity index (χ4n) is 3.80. The highest BCUT2D eigenvalue weighted by Gasteiger charge is 2.40. The molecule has 0 bridgehead atoms. The molecule has 1 amide bonds. The molecule has 0 aliphatic carbocycles. The minimum Gasteiger partial charge on any atom is -0.487 e. The first-order valence-corrected chi connectivity index (χ1v) is 9.38. The number of aromatic nitrogens is 1. The van der Waals surface area contributed by atoms with Gasteiger partial charge < -0.3 is 9.64 Å². The summed E-state index contributed by atoms with van der Waals surface area (Å²) < 4.78 is 6.37. The molecule has 2 aromatic rings. The first-order valence-electron chi connectivity index (χ1n) is 8.57. The number of hydrogen-bond donors (Lipinski definition) is 0. The third-order valence-corrected chi connectivity index (χ3v) is 6.27. The van der Waals surface area contributed by atoms with Crippen LogP contribution in [0.25, 0.3) is 0 Å². The van der Waals surface area contributed by atoms with Crippen LogP contribution in [0.4, 0.5) is 0 Å². The Labute approximate surface area is 146 Å². The topological polar surface area (TPSA) is 42.4 Å². The van der Waals surface area contributed by atoms with Crippen LogP contribution in [0.1, 0.15) is 45.2 Å². The Balaban J connectivity index is 1.46. The first kappa shape index (κ1) is 15.6. The molecule has 1 spiro atoms. The lowest BCUT2D eigenvalue weighted by Gasteiger charge is -2.44. The number of para-hydroxylation sites is 1. The quantitative estimate of drug-likeness (QED) is 0.792. The summed E-state index contributed by atoms with van der Waals surface area (Å²) >= 11 is 1.50. The van der Waals surface area contributed by atoms with Crippen LogP contribution in [0.2, 0.25) is 0 Å². The van der Waals surface area contributed by atoms with Crippen molar-refractivity contribution in [3.63, 3.8) is 0 Å². The molecule has 0 radical (unpaired) electrons. The molecule has 24 heavy (non-hydrogen) atoms. The first-order chi connectivity index (χ1) is 11.6. The van der Waals surface area contributed by atoms with Crippen molar-refractivity contribution in [2.45, 2.75) is 45.1 Å². The van der Waals surface area contributed by atoms with Gasteiger partial charge in [-0.2, -0.15) is 0 Å². The van der Waals surface area contributed by atoms with Gasteiger partial charge >= 0.3 is 0 Å². The number of rotatable bonds is 1. The van der Waals surface area contributed by atoms with E-state index in [2.05, 4.69) is 23.2 Å². The van der Waals surface area contributed by atoms with Crippen molar-refractivity contribution in [3.8, 4) is 5.75 Å². The van der Waals surface area contributed by atoms with Crippen LogP contribution in [0, 0.1) is 13.8 Å². The van der Waals surface area contributed by atoms with Crippen molar-refractivity contribution < 1.29 is 9.53 Å². The molecule has 0 atom stereocenters. The Kier molecular flexibility index (Phi) is 3.83. The third-order valence-electron chi connectivity index (χ3n) is 5.21. The Morgan fingerprint density at radius 2 is 1.96 bits per heavy atom. The average Bonchev–Trinajstić information content (AvgIpc) is 2.93. The minimum atomic E-state index is -0.0935. The zero-order valence-electron chi connectivity index (χ0n) is 14.2. The van der Waals surface area contributed by atoms with E-state index < -0.39 is 0 Å². The highest BCUT2D eigenvalue weighted by Crippen LogP contribution is 2.39. The lowest BCUT2D eigenvalue weighted by Crippen LogP contribution is -2.51. The number of thiazole rings is 1. The van der Waals surface area contributed by atoms with E-state index in [1.165, 1.54) is 16.9 Å². The lowest BCUT2D eigenvalue weighted by atomic mass is 9.83. The van der Waals surface area contributed by atoms with Gasteiger partial charge in [0.05, 0.1) is 10.7 Å². The molecule has 0 saturated carbocycles. The second-order valence-corrected chi connectivity index (χ2v) is 8.04. The summed E-state index contributed by atoms with van der Waals surface area (Å²) in [5.41, 5.74) is 2.06. The number of benzene rings is 1. The number of carbonyl (C=O) groups is 1. The molecule has 5 heteroatoms. The van der Waals surface area contributed by atoms with Crippen LogP contribution >= 0.6 is 11.3 Å². The predicted octanol–water partition coefficient (Wildman–Crippen LogP) is 3.76. The van der Waals surface area contributed by atoms with Crippen molar-refractivity contribution >= 4 is 17.2 Å². The zero-order valence-corrected chi connectivity index (χ0v) is 15.0. The van der Waals surface area contributed by atoms with Crippen LogP contribution in [-0.2, 0) is 6.42 Å². The summed E-state index contributed by atoms with van der Waals surface area (Å²) in [7, 11) is 0. The normalized spacial score (nSPS) is 19.0. The second-order valence-electron chi connectivity index (χ2n) is 6.83. The van der Waals surface area contributed by atoms with Crippen molar-refractivity contribution in [2.75, 3.05) is 13.1 Å². The van der Waals surface area contributed by atoms with E-state index in [4.69, 9.17) is 4.74 Å². The summed E-state index contributed by atoms with van der Waals surface area (Å²) in [5.74, 6) is 1.15. The highest BCUT2D eigenvalue weighted by atomic mass is 32.1. The SMILES string of the molecule is Cc1nc(C)c(C(=O)N2CCC3(CCc4ccccc4O3)CC2)s1. The molecule has 1 saturated heterocycles. The molecule has 0 N–H and O–H groups in total. The van der Waals surface area contributed by atoms with E-state index in [-0.39, 0.29) is 11.5 Å². The number of nitrogens with zero attached hydrogens (tertiary/aromatic N) is 2. The van der Waals surface area contributed by atoms with E-state index in [0.29, 0.717) is 0 Å². The maximum Gasteiger partial charge on any atom is 0.265 e. The third kappa shape index (κ3) is 2.71. The molecule has 4 nitrogen and oxygen atoms in total. The van der Waals surface area contributed by atoms with Gasteiger partial charge in [0.1, 0.15) is 16.2 Å².